The van der Waals surface area contributed by atoms with E-state index < -0.39 is 29.6 Å². The number of hydrogen-bond donors (Lipinski definition) is 1. The monoisotopic (exact) mass is 389 g/mol. The van der Waals surface area contributed by atoms with Crippen molar-refractivity contribution in [1.29, 1.82) is 0 Å². The Kier molecular flexibility index (Phi) is 5.58. The van der Waals surface area contributed by atoms with Gasteiger partial charge in [0.15, 0.2) is 6.10 Å². The first-order valence-corrected chi connectivity index (χ1v) is 8.37. The van der Waals surface area contributed by atoms with Gasteiger partial charge in [0.2, 0.25) is 0 Å². The molecule has 3 aromatic rings. The number of rotatable bonds is 6. The van der Waals surface area contributed by atoms with Crippen LogP contribution in [0.5, 0.6) is 5.75 Å². The van der Waals surface area contributed by atoms with E-state index in [1.807, 2.05) is 0 Å². The summed E-state index contributed by atoms with van der Waals surface area (Å²) in [6.07, 6.45) is 0.154. The van der Waals surface area contributed by atoms with Crippen LogP contribution in [0.3, 0.4) is 0 Å². The molecule has 28 heavy (non-hydrogen) atoms. The van der Waals surface area contributed by atoms with Gasteiger partial charge in [-0.15, -0.1) is 0 Å². The normalized spacial score (nSPS) is 11.9. The molecule has 0 radical (unpaired) electrons. The zero-order chi connectivity index (χ0) is 20.3. The average molecular weight is 389 g/mol. The first-order chi connectivity index (χ1) is 13.4. The highest BCUT2D eigenvalue weighted by molar-refractivity contribution is 5.95. The SMILES string of the molecule is COc1ccc2c(CC(=O)OC(C)C(=O)Nc3ccc(F)cc3F)coc2c1. The van der Waals surface area contributed by atoms with Gasteiger partial charge in [0, 0.05) is 23.1 Å². The third-order valence-electron chi connectivity index (χ3n) is 4.06. The molecule has 6 nitrogen and oxygen atoms in total. The summed E-state index contributed by atoms with van der Waals surface area (Å²) in [6, 6.07) is 7.92. The van der Waals surface area contributed by atoms with Gasteiger partial charge in [-0.05, 0) is 31.2 Å². The molecule has 0 spiro atoms. The van der Waals surface area contributed by atoms with Gasteiger partial charge in [0.05, 0.1) is 25.5 Å². The fraction of sp³-hybridized carbons (Fsp3) is 0.200. The molecule has 8 heteroatoms. The van der Waals surface area contributed by atoms with Crippen molar-refractivity contribution in [1.82, 2.24) is 0 Å². The van der Waals surface area contributed by atoms with E-state index in [4.69, 9.17) is 13.9 Å². The fourth-order valence-corrected chi connectivity index (χ4v) is 2.60. The molecule has 0 aliphatic carbocycles. The lowest BCUT2D eigenvalue weighted by Gasteiger charge is -2.13. The van der Waals surface area contributed by atoms with Gasteiger partial charge in [-0.3, -0.25) is 9.59 Å². The van der Waals surface area contributed by atoms with Crippen LogP contribution in [0.25, 0.3) is 11.0 Å². The Balaban J connectivity index is 1.61. The van der Waals surface area contributed by atoms with Gasteiger partial charge >= 0.3 is 5.97 Å². The van der Waals surface area contributed by atoms with Crippen molar-refractivity contribution in [2.45, 2.75) is 19.4 Å². The van der Waals surface area contributed by atoms with E-state index in [2.05, 4.69) is 5.32 Å². The molecule has 0 bridgehead atoms. The Morgan fingerprint density at radius 3 is 2.68 bits per heavy atom. The Morgan fingerprint density at radius 2 is 1.96 bits per heavy atom. The minimum Gasteiger partial charge on any atom is -0.497 e. The number of fused-ring (bicyclic) bond motifs is 1. The standard InChI is InChI=1S/C20H17F2NO5/c1-11(20(25)23-17-6-3-13(21)8-16(17)22)28-19(24)7-12-10-27-18-9-14(26-2)4-5-15(12)18/h3-6,8-11H,7H2,1-2H3,(H,23,25). The van der Waals surface area contributed by atoms with E-state index in [-0.39, 0.29) is 12.1 Å². The topological polar surface area (TPSA) is 77.8 Å². The predicted octanol–water partition coefficient (Wildman–Crippen LogP) is 3.83. The first-order valence-electron chi connectivity index (χ1n) is 8.37. The molecule has 1 unspecified atom stereocenters. The van der Waals surface area contributed by atoms with Crippen LogP contribution in [-0.4, -0.2) is 25.1 Å². The van der Waals surface area contributed by atoms with Gasteiger partial charge < -0.3 is 19.2 Å². The van der Waals surface area contributed by atoms with Gasteiger partial charge in [-0.25, -0.2) is 8.78 Å². The number of amides is 1. The summed E-state index contributed by atoms with van der Waals surface area (Å²) < 4.78 is 42.1. The van der Waals surface area contributed by atoms with E-state index in [9.17, 15) is 18.4 Å². The number of hydrogen-bond acceptors (Lipinski definition) is 5. The molecule has 3 rings (SSSR count). The average Bonchev–Trinajstić information content (AvgIpc) is 3.05. The van der Waals surface area contributed by atoms with Gasteiger partial charge in [-0.1, -0.05) is 0 Å². The number of carbonyl (C=O) groups is 2. The molecule has 0 aliphatic rings. The smallest absolute Gasteiger partial charge is 0.311 e. The zero-order valence-corrected chi connectivity index (χ0v) is 15.1. The number of ether oxygens (including phenoxy) is 2. The number of benzene rings is 2. The fourth-order valence-electron chi connectivity index (χ4n) is 2.60. The number of esters is 1. The van der Waals surface area contributed by atoms with E-state index >= 15 is 0 Å². The third kappa shape index (κ3) is 4.28. The Bertz CT molecular complexity index is 1030. The summed E-state index contributed by atoms with van der Waals surface area (Å²) in [5.74, 6) is -2.46. The summed E-state index contributed by atoms with van der Waals surface area (Å²) >= 11 is 0. The lowest BCUT2D eigenvalue weighted by Crippen LogP contribution is -2.30. The molecule has 0 saturated heterocycles. The molecule has 1 amide bonds. The van der Waals surface area contributed by atoms with E-state index in [0.29, 0.717) is 23.0 Å². The van der Waals surface area contributed by atoms with Crippen LogP contribution in [0.2, 0.25) is 0 Å². The molecule has 2 aromatic carbocycles. The Labute approximate surface area is 159 Å². The van der Waals surface area contributed by atoms with Crippen molar-refractivity contribution in [3.63, 3.8) is 0 Å². The lowest BCUT2D eigenvalue weighted by atomic mass is 10.1. The Hall–Kier alpha value is -3.42. The van der Waals surface area contributed by atoms with Crippen LogP contribution in [0.1, 0.15) is 12.5 Å². The number of furan rings is 1. The van der Waals surface area contributed by atoms with Crippen molar-refractivity contribution >= 4 is 28.5 Å². The van der Waals surface area contributed by atoms with Crippen molar-refractivity contribution in [3.8, 4) is 5.75 Å². The van der Waals surface area contributed by atoms with Crippen LogP contribution >= 0.6 is 0 Å². The second-order valence-electron chi connectivity index (χ2n) is 6.05. The molecule has 0 fully saturated rings. The Morgan fingerprint density at radius 1 is 1.18 bits per heavy atom. The van der Waals surface area contributed by atoms with Crippen molar-refractivity contribution in [2.24, 2.45) is 0 Å². The summed E-state index contributed by atoms with van der Waals surface area (Å²) in [7, 11) is 1.53. The maximum absolute atomic E-state index is 13.6. The summed E-state index contributed by atoms with van der Waals surface area (Å²) in [6.45, 7) is 1.35. The molecule has 1 N–H and O–H groups in total. The maximum atomic E-state index is 13.6. The highest BCUT2D eigenvalue weighted by Crippen LogP contribution is 2.26. The molecule has 1 heterocycles. The molecule has 1 atom stereocenters. The molecule has 0 saturated carbocycles. The highest BCUT2D eigenvalue weighted by atomic mass is 19.1. The van der Waals surface area contributed by atoms with E-state index in [1.165, 1.54) is 20.3 Å². The lowest BCUT2D eigenvalue weighted by molar-refractivity contribution is -0.152. The molecular formula is C20H17F2NO5. The van der Waals surface area contributed by atoms with E-state index in [1.54, 1.807) is 18.2 Å². The van der Waals surface area contributed by atoms with Crippen LogP contribution in [0.15, 0.2) is 47.1 Å². The number of anilines is 1. The molecule has 0 aliphatic heterocycles. The third-order valence-corrected chi connectivity index (χ3v) is 4.06. The predicted molar refractivity (Wildman–Crippen MR) is 97.0 cm³/mol. The minimum atomic E-state index is -1.17. The summed E-state index contributed by atoms with van der Waals surface area (Å²) in [4.78, 5) is 24.3. The quantitative estimate of drug-likeness (QED) is 0.649. The van der Waals surface area contributed by atoms with Crippen molar-refractivity contribution in [3.05, 3.63) is 59.9 Å². The number of carbonyl (C=O) groups excluding carboxylic acids is 2. The van der Waals surface area contributed by atoms with Gasteiger partial charge in [0.25, 0.3) is 5.91 Å². The zero-order valence-electron chi connectivity index (χ0n) is 15.1. The number of nitrogens with one attached hydrogen (secondary N) is 1. The van der Waals surface area contributed by atoms with Crippen LogP contribution in [0.4, 0.5) is 14.5 Å². The van der Waals surface area contributed by atoms with Gasteiger partial charge in [-0.2, -0.15) is 0 Å². The number of halogens is 2. The van der Waals surface area contributed by atoms with Crippen LogP contribution in [0, 0.1) is 11.6 Å². The molecule has 1 aromatic heterocycles. The summed E-state index contributed by atoms with van der Waals surface area (Å²) in [5.41, 5.74) is 0.948. The second kappa shape index (κ2) is 8.08. The number of methoxy groups -OCH3 is 1. The minimum absolute atomic E-state index is 0.109. The van der Waals surface area contributed by atoms with E-state index in [0.717, 1.165) is 17.5 Å². The first kappa shape index (κ1) is 19.3. The van der Waals surface area contributed by atoms with Crippen LogP contribution < -0.4 is 10.1 Å². The molecule has 146 valence electrons. The second-order valence-corrected chi connectivity index (χ2v) is 6.05. The largest absolute Gasteiger partial charge is 0.497 e. The highest BCUT2D eigenvalue weighted by Gasteiger charge is 2.20. The molecular weight excluding hydrogens is 372 g/mol. The summed E-state index contributed by atoms with van der Waals surface area (Å²) in [5, 5.41) is 2.98. The van der Waals surface area contributed by atoms with Crippen molar-refractivity contribution < 1.29 is 32.3 Å². The maximum Gasteiger partial charge on any atom is 0.311 e. The van der Waals surface area contributed by atoms with Crippen LogP contribution in [-0.2, 0) is 20.7 Å². The van der Waals surface area contributed by atoms with Crippen molar-refractivity contribution in [2.75, 3.05) is 12.4 Å². The van der Waals surface area contributed by atoms with Gasteiger partial charge in [0.1, 0.15) is 23.0 Å².